The van der Waals surface area contributed by atoms with E-state index in [4.69, 9.17) is 9.16 Å². The monoisotopic (exact) mass is 386 g/mol. The van der Waals surface area contributed by atoms with Gasteiger partial charge in [-0.1, -0.05) is 26.8 Å². The molecule has 1 fully saturated rings. The van der Waals surface area contributed by atoms with Crippen LogP contribution in [0.3, 0.4) is 0 Å². The molecule has 7 heteroatoms. The summed E-state index contributed by atoms with van der Waals surface area (Å²) in [5.41, 5.74) is -2.97. The summed E-state index contributed by atoms with van der Waals surface area (Å²) in [4.78, 5) is 25.2. The van der Waals surface area contributed by atoms with E-state index in [9.17, 15) is 14.7 Å². The van der Waals surface area contributed by atoms with Crippen molar-refractivity contribution < 1.29 is 23.9 Å². The van der Waals surface area contributed by atoms with E-state index in [2.05, 4.69) is 33.9 Å². The topological polar surface area (TPSA) is 72.8 Å². The zero-order valence-corrected chi connectivity index (χ0v) is 18.0. The first-order valence-electron chi connectivity index (χ1n) is 8.59. The third-order valence-electron chi connectivity index (χ3n) is 6.18. The number of fused-ring (bicyclic) bond motifs is 2. The predicted octanol–water partition coefficient (Wildman–Crippen LogP) is 2.79. The molecule has 2 bridgehead atoms. The first-order chi connectivity index (χ1) is 11.4. The second-order valence-electron chi connectivity index (χ2n) is 8.59. The summed E-state index contributed by atoms with van der Waals surface area (Å²) in [6.07, 6.45) is 5.50. The number of ketones is 1. The van der Waals surface area contributed by atoms with Crippen LogP contribution in [0.1, 0.15) is 27.2 Å². The standard InChI is InChI=1S/C18H30O5SSi/c1-16(2,3)25(6,7)23-17(11-24-5)12-8-9-14(19)18(17,21)13(10-12)15(20)22-4/h8-9,12-13,21H,10-11H2,1-7H3/t12-,13-,17+,18+/m1/s1. The number of hydrogen-bond donors (Lipinski definition) is 1. The Balaban J connectivity index is 2.62. The van der Waals surface area contributed by atoms with Crippen LogP contribution in [0.2, 0.25) is 18.1 Å². The maximum absolute atomic E-state index is 12.8. The maximum atomic E-state index is 12.8. The van der Waals surface area contributed by atoms with Gasteiger partial charge in [0, 0.05) is 11.7 Å². The lowest BCUT2D eigenvalue weighted by Gasteiger charge is -2.52. The summed E-state index contributed by atoms with van der Waals surface area (Å²) in [7, 11) is -1.02. The van der Waals surface area contributed by atoms with Gasteiger partial charge < -0.3 is 14.3 Å². The average Bonchev–Trinajstić information content (AvgIpc) is 2.63. The molecular weight excluding hydrogens is 356 g/mol. The molecule has 2 aliphatic rings. The van der Waals surface area contributed by atoms with E-state index in [1.54, 1.807) is 0 Å². The molecule has 0 amide bonds. The number of aliphatic hydroxyl groups is 1. The lowest BCUT2D eigenvalue weighted by atomic mass is 9.73. The van der Waals surface area contributed by atoms with Gasteiger partial charge in [-0.15, -0.1) is 0 Å². The first kappa shape index (κ1) is 20.7. The minimum atomic E-state index is -2.31. The summed E-state index contributed by atoms with van der Waals surface area (Å²) in [5.74, 6) is -1.65. The van der Waals surface area contributed by atoms with E-state index < -0.39 is 37.2 Å². The molecule has 0 unspecified atom stereocenters. The van der Waals surface area contributed by atoms with Gasteiger partial charge in [-0.05, 0) is 36.9 Å². The molecule has 4 atom stereocenters. The van der Waals surface area contributed by atoms with Crippen LogP contribution in [-0.2, 0) is 18.8 Å². The third kappa shape index (κ3) is 2.93. The van der Waals surface area contributed by atoms with Crippen LogP contribution in [-0.4, -0.2) is 55.5 Å². The van der Waals surface area contributed by atoms with Crippen LogP contribution in [0.5, 0.6) is 0 Å². The largest absolute Gasteiger partial charge is 0.469 e. The minimum absolute atomic E-state index is 0.0841. The summed E-state index contributed by atoms with van der Waals surface area (Å²) in [6, 6.07) is 0. The van der Waals surface area contributed by atoms with Crippen molar-refractivity contribution in [3.05, 3.63) is 12.2 Å². The van der Waals surface area contributed by atoms with E-state index in [-0.39, 0.29) is 11.0 Å². The van der Waals surface area contributed by atoms with Crippen LogP contribution in [0.4, 0.5) is 0 Å². The number of carbonyl (C=O) groups excluding carboxylic acids is 2. The van der Waals surface area contributed by atoms with Crippen LogP contribution >= 0.6 is 11.8 Å². The summed E-state index contributed by atoms with van der Waals surface area (Å²) < 4.78 is 11.6. The fourth-order valence-corrected chi connectivity index (χ4v) is 6.39. The predicted molar refractivity (Wildman–Crippen MR) is 102 cm³/mol. The van der Waals surface area contributed by atoms with Gasteiger partial charge in [0.1, 0.15) is 5.60 Å². The average molecular weight is 387 g/mol. The van der Waals surface area contributed by atoms with Gasteiger partial charge in [0.25, 0.3) is 0 Å². The highest BCUT2D eigenvalue weighted by Crippen LogP contribution is 2.57. The Kier molecular flexibility index (Phi) is 5.39. The maximum Gasteiger partial charge on any atom is 0.312 e. The highest BCUT2D eigenvalue weighted by atomic mass is 32.2. The highest BCUT2D eigenvalue weighted by molar-refractivity contribution is 7.98. The zero-order valence-electron chi connectivity index (χ0n) is 16.2. The molecule has 0 aromatic carbocycles. The van der Waals surface area contributed by atoms with Gasteiger partial charge in [-0.25, -0.2) is 0 Å². The van der Waals surface area contributed by atoms with Gasteiger partial charge in [-0.3, -0.25) is 9.59 Å². The quantitative estimate of drug-likeness (QED) is 0.579. The molecule has 1 saturated carbocycles. The molecular formula is C18H30O5SSi. The van der Waals surface area contributed by atoms with E-state index >= 15 is 0 Å². The van der Waals surface area contributed by atoms with E-state index in [0.717, 1.165) is 0 Å². The Labute approximate surface area is 155 Å². The van der Waals surface area contributed by atoms with E-state index in [1.165, 1.54) is 24.9 Å². The number of methoxy groups -OCH3 is 1. The molecule has 2 rings (SSSR count). The second-order valence-corrected chi connectivity index (χ2v) is 14.2. The van der Waals surface area contributed by atoms with Crippen LogP contribution in [0.15, 0.2) is 12.2 Å². The summed E-state index contributed by atoms with van der Waals surface area (Å²) >= 11 is 1.53. The van der Waals surface area contributed by atoms with Crippen molar-refractivity contribution in [2.75, 3.05) is 19.1 Å². The number of hydrogen-bond acceptors (Lipinski definition) is 6. The number of ether oxygens (including phenoxy) is 1. The van der Waals surface area contributed by atoms with Crippen molar-refractivity contribution in [2.24, 2.45) is 11.8 Å². The van der Waals surface area contributed by atoms with Crippen molar-refractivity contribution in [2.45, 2.75) is 56.5 Å². The lowest BCUT2D eigenvalue weighted by Crippen LogP contribution is -2.69. The number of esters is 1. The summed E-state index contributed by atoms with van der Waals surface area (Å²) in [5, 5.41) is 11.5. The van der Waals surface area contributed by atoms with Gasteiger partial charge in [0.05, 0.1) is 13.0 Å². The lowest BCUT2D eigenvalue weighted by molar-refractivity contribution is -0.178. The number of rotatable bonds is 5. The Morgan fingerprint density at radius 2 is 2.04 bits per heavy atom. The van der Waals surface area contributed by atoms with Crippen molar-refractivity contribution in [1.82, 2.24) is 0 Å². The smallest absolute Gasteiger partial charge is 0.312 e. The fraction of sp³-hybridized carbons (Fsp3) is 0.778. The van der Waals surface area contributed by atoms with Crippen molar-refractivity contribution in [1.29, 1.82) is 0 Å². The molecule has 0 aromatic heterocycles. The van der Waals surface area contributed by atoms with Crippen molar-refractivity contribution >= 4 is 31.8 Å². The van der Waals surface area contributed by atoms with Crippen molar-refractivity contribution in [3.63, 3.8) is 0 Å². The Morgan fingerprint density at radius 1 is 1.44 bits per heavy atom. The molecule has 25 heavy (non-hydrogen) atoms. The Hall–Kier alpha value is -0.633. The molecule has 142 valence electrons. The Bertz CT molecular complexity index is 597. The second kappa shape index (κ2) is 6.51. The van der Waals surface area contributed by atoms with Gasteiger partial charge in [0.15, 0.2) is 19.7 Å². The molecule has 0 aromatic rings. The van der Waals surface area contributed by atoms with Crippen LogP contribution in [0.25, 0.3) is 0 Å². The SMILES string of the molecule is COC(=O)[C@H]1C[C@H]2C=CC(=O)[C@]1(O)[C@@]2(CSC)O[Si](C)(C)C(C)(C)C. The van der Waals surface area contributed by atoms with Crippen LogP contribution in [0, 0.1) is 11.8 Å². The minimum Gasteiger partial charge on any atom is -0.469 e. The zero-order chi connectivity index (χ0) is 19.3. The first-order valence-corrected chi connectivity index (χ1v) is 12.9. The summed E-state index contributed by atoms with van der Waals surface area (Å²) in [6.45, 7) is 10.6. The van der Waals surface area contributed by atoms with Crippen LogP contribution < -0.4 is 0 Å². The molecule has 5 nitrogen and oxygen atoms in total. The highest BCUT2D eigenvalue weighted by Gasteiger charge is 2.72. The van der Waals surface area contributed by atoms with E-state index in [0.29, 0.717) is 12.2 Å². The molecule has 0 saturated heterocycles. The normalized spacial score (nSPS) is 35.1. The molecule has 0 radical (unpaired) electrons. The molecule has 0 aliphatic heterocycles. The molecule has 1 N–H and O–H groups in total. The van der Waals surface area contributed by atoms with Gasteiger partial charge in [-0.2, -0.15) is 11.8 Å². The van der Waals surface area contributed by atoms with Gasteiger partial charge >= 0.3 is 5.97 Å². The van der Waals surface area contributed by atoms with Crippen molar-refractivity contribution in [3.8, 4) is 0 Å². The van der Waals surface area contributed by atoms with E-state index in [1.807, 2.05) is 12.3 Å². The molecule has 0 spiro atoms. The fourth-order valence-electron chi connectivity index (χ4n) is 3.77. The molecule has 0 heterocycles. The third-order valence-corrected chi connectivity index (χ3v) is 11.4. The molecule has 2 aliphatic carbocycles. The number of thioether (sulfide) groups is 1. The number of carbonyl (C=O) groups is 2. The Morgan fingerprint density at radius 3 is 2.52 bits per heavy atom. The van der Waals surface area contributed by atoms with Gasteiger partial charge in [0.2, 0.25) is 0 Å².